The minimum absolute atomic E-state index is 0.169. The first kappa shape index (κ1) is 30.0. The van der Waals surface area contributed by atoms with E-state index in [0.29, 0.717) is 34.6 Å². The van der Waals surface area contributed by atoms with E-state index in [1.807, 2.05) is 0 Å². The molecule has 0 aliphatic heterocycles. The van der Waals surface area contributed by atoms with Gasteiger partial charge in [-0.15, -0.1) is 0 Å². The number of hydrogen-bond acceptors (Lipinski definition) is 12. The molecule has 0 saturated carbocycles. The van der Waals surface area contributed by atoms with Crippen molar-refractivity contribution in [2.45, 2.75) is 12.4 Å². The fourth-order valence-electron chi connectivity index (χ4n) is 2.10. The molecule has 0 bridgehead atoms. The van der Waals surface area contributed by atoms with Crippen molar-refractivity contribution >= 4 is 35.8 Å². The fourth-order valence-corrected chi connectivity index (χ4v) is 2.25. The molecule has 12 nitrogen and oxygen atoms in total. The Morgan fingerprint density at radius 1 is 0.658 bits per heavy atom. The summed E-state index contributed by atoms with van der Waals surface area (Å²) in [6, 6.07) is 0. The minimum atomic E-state index is -4.61. The van der Waals surface area contributed by atoms with Gasteiger partial charge in [0.15, 0.2) is 0 Å². The van der Waals surface area contributed by atoms with Crippen molar-refractivity contribution in [3.05, 3.63) is 66.4 Å². The molecule has 0 unspecified atom stereocenters. The molecule has 20 heteroatoms. The molecule has 4 heterocycles. The average Bonchev–Trinajstić information content (AvgIpc) is 2.84. The van der Waals surface area contributed by atoms with Crippen LogP contribution in [0.15, 0.2) is 49.6 Å². The Bertz CT molecular complexity index is 1300. The van der Waals surface area contributed by atoms with Crippen molar-refractivity contribution in [1.82, 2.24) is 39.9 Å². The first-order valence-corrected chi connectivity index (χ1v) is 10.00. The minimum Gasteiger partial charge on any atom is -0.423 e. The summed E-state index contributed by atoms with van der Waals surface area (Å²) in [5.74, 6) is -1.99. The lowest BCUT2D eigenvalue weighted by atomic mass is 9.83. The molecule has 0 aliphatic carbocycles. The Morgan fingerprint density at radius 2 is 1.11 bits per heavy atom. The summed E-state index contributed by atoms with van der Waals surface area (Å²) in [6.45, 7) is 0. The highest BCUT2D eigenvalue weighted by Gasteiger charge is 2.35. The van der Waals surface area contributed by atoms with Crippen LogP contribution < -0.4 is 16.9 Å². The normalized spacial score (nSPS) is 11.0. The number of halogens is 7. The second-order valence-electron chi connectivity index (χ2n) is 6.60. The van der Waals surface area contributed by atoms with Crippen LogP contribution in [0.3, 0.4) is 0 Å². The highest BCUT2D eigenvalue weighted by molar-refractivity contribution is 6.58. The molecule has 0 spiro atoms. The van der Waals surface area contributed by atoms with E-state index >= 15 is 0 Å². The van der Waals surface area contributed by atoms with Gasteiger partial charge in [-0.3, -0.25) is 9.97 Å². The van der Waals surface area contributed by atoms with Gasteiger partial charge in [0, 0.05) is 35.8 Å². The number of alkyl halides is 6. The van der Waals surface area contributed by atoms with Crippen LogP contribution in [-0.2, 0) is 12.4 Å². The molecule has 200 valence electrons. The maximum Gasteiger partial charge on any atom is 0.491 e. The highest BCUT2D eigenvalue weighted by Crippen LogP contribution is 2.26. The zero-order chi connectivity index (χ0) is 28.5. The van der Waals surface area contributed by atoms with Crippen LogP contribution in [0.1, 0.15) is 11.6 Å². The number of nitrogens with two attached hydrogens (primary N) is 2. The summed E-state index contributed by atoms with van der Waals surface area (Å²) >= 11 is 5.39. The molecule has 0 aromatic carbocycles. The van der Waals surface area contributed by atoms with Crippen molar-refractivity contribution in [3.63, 3.8) is 0 Å². The first-order valence-electron chi connectivity index (χ1n) is 9.62. The van der Waals surface area contributed by atoms with Gasteiger partial charge in [-0.1, -0.05) is 11.6 Å². The van der Waals surface area contributed by atoms with Crippen molar-refractivity contribution in [2.24, 2.45) is 0 Å². The molecule has 6 N–H and O–H groups in total. The van der Waals surface area contributed by atoms with Gasteiger partial charge in [0.25, 0.3) is 0 Å². The Morgan fingerprint density at radius 3 is 1.47 bits per heavy atom. The Hall–Kier alpha value is -4.23. The van der Waals surface area contributed by atoms with Gasteiger partial charge >= 0.3 is 19.5 Å². The molecule has 0 amide bonds. The summed E-state index contributed by atoms with van der Waals surface area (Å²) in [7, 11) is -1.86. The number of anilines is 2. The third-order valence-electron chi connectivity index (χ3n) is 3.70. The van der Waals surface area contributed by atoms with E-state index in [1.54, 1.807) is 0 Å². The zero-order valence-corrected chi connectivity index (χ0v) is 19.2. The average molecular weight is 563 g/mol. The van der Waals surface area contributed by atoms with Gasteiger partial charge in [0.1, 0.15) is 16.8 Å². The van der Waals surface area contributed by atoms with Gasteiger partial charge in [0.2, 0.25) is 11.6 Å². The van der Waals surface area contributed by atoms with E-state index in [0.717, 1.165) is 12.4 Å². The fraction of sp³-hybridized carbons (Fsp3) is 0.111. The van der Waals surface area contributed by atoms with Gasteiger partial charge < -0.3 is 21.5 Å². The predicted molar refractivity (Wildman–Crippen MR) is 121 cm³/mol. The van der Waals surface area contributed by atoms with Crippen molar-refractivity contribution in [2.75, 3.05) is 11.5 Å². The molecule has 38 heavy (non-hydrogen) atoms. The maximum absolute atomic E-state index is 12.2. The number of nitrogen functional groups attached to an aromatic ring is 2. The molecule has 4 aromatic rings. The van der Waals surface area contributed by atoms with Crippen LogP contribution >= 0.6 is 11.6 Å². The van der Waals surface area contributed by atoms with Crippen LogP contribution in [0, 0.1) is 0 Å². The van der Waals surface area contributed by atoms with Crippen LogP contribution in [0.25, 0.3) is 11.3 Å². The Labute approximate surface area is 214 Å². The summed E-state index contributed by atoms with van der Waals surface area (Å²) < 4.78 is 72.3. The van der Waals surface area contributed by atoms with Crippen LogP contribution in [-0.4, -0.2) is 57.0 Å². The molecule has 0 atom stereocenters. The largest absolute Gasteiger partial charge is 0.491 e. The summed E-state index contributed by atoms with van der Waals surface area (Å²) in [5, 5.41) is 17.3. The van der Waals surface area contributed by atoms with Crippen molar-refractivity contribution in [1.29, 1.82) is 0 Å². The second-order valence-corrected chi connectivity index (χ2v) is 6.99. The van der Waals surface area contributed by atoms with E-state index in [9.17, 15) is 26.3 Å². The van der Waals surface area contributed by atoms with Crippen molar-refractivity contribution < 1.29 is 36.4 Å². The number of aromatic nitrogens is 8. The SMILES string of the molecule is Nc1cncc(-c2cnc(C(F)(F)F)nc2)n1.Nc1cncc(Cl)n1.OB(O)c1cnc(C(F)(F)F)nc1. The van der Waals surface area contributed by atoms with E-state index in [-0.39, 0.29) is 11.3 Å². The lowest BCUT2D eigenvalue weighted by molar-refractivity contribution is -0.145. The summed E-state index contributed by atoms with van der Waals surface area (Å²) in [6.07, 6.45) is -0.140. The molecule has 4 aromatic heterocycles. The second kappa shape index (κ2) is 12.8. The number of hydrogen-bond donors (Lipinski definition) is 4. The molecule has 0 aliphatic rings. The Balaban J connectivity index is 0.000000214. The molecule has 0 radical (unpaired) electrons. The number of nitrogens with zero attached hydrogens (tertiary/aromatic N) is 8. The lowest BCUT2D eigenvalue weighted by Crippen LogP contribution is -2.31. The highest BCUT2D eigenvalue weighted by atomic mass is 35.5. The van der Waals surface area contributed by atoms with Crippen LogP contribution in [0.4, 0.5) is 38.0 Å². The van der Waals surface area contributed by atoms with Crippen LogP contribution in [0.2, 0.25) is 5.15 Å². The Kier molecular flexibility index (Phi) is 10.1. The summed E-state index contributed by atoms with van der Waals surface area (Å²) in [4.78, 5) is 27.2. The van der Waals surface area contributed by atoms with E-state index in [4.69, 9.17) is 33.1 Å². The smallest absolute Gasteiger partial charge is 0.423 e. The monoisotopic (exact) mass is 562 g/mol. The third-order valence-corrected chi connectivity index (χ3v) is 3.88. The van der Waals surface area contributed by atoms with Gasteiger partial charge in [-0.2, -0.15) is 26.3 Å². The predicted octanol–water partition coefficient (Wildman–Crippen LogP) is 1.42. The quantitative estimate of drug-likeness (QED) is 0.203. The molecule has 4 rings (SSSR count). The van der Waals surface area contributed by atoms with Gasteiger partial charge in [-0.25, -0.2) is 29.9 Å². The third kappa shape index (κ3) is 9.67. The zero-order valence-electron chi connectivity index (χ0n) is 18.5. The van der Waals surface area contributed by atoms with E-state index in [2.05, 4.69) is 39.9 Å². The van der Waals surface area contributed by atoms with E-state index in [1.165, 1.54) is 24.8 Å². The van der Waals surface area contributed by atoms with E-state index < -0.39 is 31.1 Å². The molecule has 0 fully saturated rings. The lowest BCUT2D eigenvalue weighted by Gasteiger charge is -2.05. The molecule has 0 saturated heterocycles. The van der Waals surface area contributed by atoms with Crippen molar-refractivity contribution in [3.8, 4) is 11.3 Å². The van der Waals surface area contributed by atoms with Gasteiger partial charge in [-0.05, 0) is 0 Å². The maximum atomic E-state index is 12.2. The molecular formula is C18H14BClF6N10O2. The topological polar surface area (TPSA) is 196 Å². The van der Waals surface area contributed by atoms with Crippen LogP contribution in [0.5, 0.6) is 0 Å². The molecular weight excluding hydrogens is 549 g/mol. The van der Waals surface area contributed by atoms with Gasteiger partial charge in [0.05, 0.1) is 30.5 Å². The first-order chi connectivity index (χ1) is 17.7. The standard InChI is InChI=1S/C9H6F3N5.C5H4BF3N2O2.C4H4ClN3/c10-9(11,12)8-15-1-5(2-16-8)6-3-14-4-7(13)17-6;7-5(8,9)4-10-1-3(2-11-4)6(12)13;5-3-1-7-2-4(6)8-3/h1-4H,(H2,13,17);1-2,12-13H;1-2H,(H2,6,8). The summed E-state index contributed by atoms with van der Waals surface area (Å²) in [5.41, 5.74) is 11.0. The number of rotatable bonds is 2.